The van der Waals surface area contributed by atoms with E-state index in [1.807, 2.05) is 6.07 Å². The molecule has 1 unspecified atom stereocenters. The first-order chi connectivity index (χ1) is 8.89. The maximum Gasteiger partial charge on any atom is 0.149 e. The van der Waals surface area contributed by atoms with Crippen molar-refractivity contribution in [1.82, 2.24) is 4.98 Å². The molecule has 0 radical (unpaired) electrons. The zero-order chi connectivity index (χ0) is 14.0. The lowest BCUT2D eigenvalue weighted by Crippen LogP contribution is -2.26. The van der Waals surface area contributed by atoms with Crippen LogP contribution >= 0.6 is 0 Å². The molecule has 2 rings (SSSR count). The molecule has 1 aliphatic rings. The first kappa shape index (κ1) is 13.8. The molecule has 1 atom stereocenters. The number of anilines is 1. The number of nitrogens with zero attached hydrogens (tertiary/aromatic N) is 2. The van der Waals surface area contributed by atoms with Crippen LogP contribution in [0.3, 0.4) is 0 Å². The van der Waals surface area contributed by atoms with Crippen molar-refractivity contribution in [3.05, 3.63) is 22.9 Å². The van der Waals surface area contributed by atoms with Gasteiger partial charge in [-0.05, 0) is 37.8 Å². The van der Waals surface area contributed by atoms with E-state index in [0.29, 0.717) is 11.4 Å². The number of nitrogens with one attached hydrogen (secondary N) is 1. The van der Waals surface area contributed by atoms with E-state index in [4.69, 9.17) is 5.26 Å². The number of aromatic nitrogens is 1. The van der Waals surface area contributed by atoms with Crippen LogP contribution in [0, 0.1) is 11.3 Å². The third-order valence-corrected chi connectivity index (χ3v) is 4.21. The Kier molecular flexibility index (Phi) is 3.76. The second-order valence-electron chi connectivity index (χ2n) is 5.09. The Hall–Kier alpha value is -1.61. The number of fused-ring (bicyclic) bond motifs is 1. The van der Waals surface area contributed by atoms with Crippen LogP contribution in [0.15, 0.2) is 6.07 Å². The molecule has 6 heteroatoms. The molecular formula is C13H17N3O2S. The molecule has 102 valence electrons. The smallest absolute Gasteiger partial charge is 0.149 e. The van der Waals surface area contributed by atoms with Crippen molar-refractivity contribution >= 4 is 15.7 Å². The van der Waals surface area contributed by atoms with Crippen molar-refractivity contribution in [2.75, 3.05) is 17.3 Å². The first-order valence-electron chi connectivity index (χ1n) is 6.26. The SMILES string of the molecule is CC(CS(C)(=O)=O)Nc1nc2c(cc1C#N)CCC2. The lowest BCUT2D eigenvalue weighted by molar-refractivity contribution is 0.598. The fourth-order valence-corrected chi connectivity index (χ4v) is 3.39. The van der Waals surface area contributed by atoms with Crippen LogP contribution in [0.2, 0.25) is 0 Å². The predicted molar refractivity (Wildman–Crippen MR) is 73.8 cm³/mol. The van der Waals surface area contributed by atoms with Gasteiger partial charge in [0.1, 0.15) is 21.7 Å². The number of aryl methyl sites for hydroxylation is 2. The van der Waals surface area contributed by atoms with Gasteiger partial charge in [0, 0.05) is 18.0 Å². The quantitative estimate of drug-likeness (QED) is 0.898. The summed E-state index contributed by atoms with van der Waals surface area (Å²) in [4.78, 5) is 4.47. The largest absolute Gasteiger partial charge is 0.365 e. The molecular weight excluding hydrogens is 262 g/mol. The van der Waals surface area contributed by atoms with Crippen LogP contribution in [0.25, 0.3) is 0 Å². The molecule has 0 bridgehead atoms. The fourth-order valence-electron chi connectivity index (χ4n) is 2.40. The van der Waals surface area contributed by atoms with Crippen molar-refractivity contribution in [3.8, 4) is 6.07 Å². The van der Waals surface area contributed by atoms with Gasteiger partial charge >= 0.3 is 0 Å². The van der Waals surface area contributed by atoms with Gasteiger partial charge in [0.2, 0.25) is 0 Å². The monoisotopic (exact) mass is 279 g/mol. The van der Waals surface area contributed by atoms with Crippen LogP contribution in [0.5, 0.6) is 0 Å². The summed E-state index contributed by atoms with van der Waals surface area (Å²) < 4.78 is 22.5. The minimum Gasteiger partial charge on any atom is -0.365 e. The number of rotatable bonds is 4. The van der Waals surface area contributed by atoms with Crippen molar-refractivity contribution in [3.63, 3.8) is 0 Å². The van der Waals surface area contributed by atoms with Gasteiger partial charge in [0.15, 0.2) is 0 Å². The van der Waals surface area contributed by atoms with E-state index in [9.17, 15) is 8.42 Å². The third-order valence-electron chi connectivity index (χ3n) is 3.11. The van der Waals surface area contributed by atoms with E-state index in [0.717, 1.165) is 30.5 Å². The summed E-state index contributed by atoms with van der Waals surface area (Å²) in [6.07, 6.45) is 4.16. The summed E-state index contributed by atoms with van der Waals surface area (Å²) in [5, 5.41) is 12.2. The van der Waals surface area contributed by atoms with E-state index < -0.39 is 9.84 Å². The van der Waals surface area contributed by atoms with Gasteiger partial charge in [-0.25, -0.2) is 13.4 Å². The summed E-state index contributed by atoms with van der Waals surface area (Å²) in [7, 11) is -3.05. The Morgan fingerprint density at radius 2 is 2.26 bits per heavy atom. The number of hydrogen-bond acceptors (Lipinski definition) is 5. The van der Waals surface area contributed by atoms with Gasteiger partial charge in [0.25, 0.3) is 0 Å². The summed E-state index contributed by atoms with van der Waals surface area (Å²) >= 11 is 0. The zero-order valence-electron chi connectivity index (χ0n) is 11.1. The van der Waals surface area contributed by atoms with Gasteiger partial charge in [-0.1, -0.05) is 0 Å². The molecule has 0 saturated heterocycles. The maximum absolute atomic E-state index is 11.2. The molecule has 1 aliphatic carbocycles. The second-order valence-corrected chi connectivity index (χ2v) is 7.28. The molecule has 0 saturated carbocycles. The number of nitriles is 1. The standard InChI is InChI=1S/C13H17N3O2S/c1-9(8-19(2,17)18)15-13-11(7-14)6-10-4-3-5-12(10)16-13/h6,9H,3-5,8H2,1-2H3,(H,15,16). The van der Waals surface area contributed by atoms with Gasteiger partial charge in [-0.15, -0.1) is 0 Å². The summed E-state index contributed by atoms with van der Waals surface area (Å²) in [6.45, 7) is 1.77. The Morgan fingerprint density at radius 3 is 2.89 bits per heavy atom. The normalized spacial score (nSPS) is 15.6. The molecule has 0 amide bonds. The third kappa shape index (κ3) is 3.44. The molecule has 1 aromatic heterocycles. The van der Waals surface area contributed by atoms with Crippen LogP contribution in [0.4, 0.5) is 5.82 Å². The number of sulfone groups is 1. The lowest BCUT2D eigenvalue weighted by atomic mass is 10.1. The predicted octanol–water partition coefficient (Wildman–Crippen LogP) is 1.29. The lowest BCUT2D eigenvalue weighted by Gasteiger charge is -2.15. The minimum absolute atomic E-state index is 0.0244. The molecule has 0 aromatic carbocycles. The van der Waals surface area contributed by atoms with E-state index in [-0.39, 0.29) is 11.8 Å². The number of pyridine rings is 1. The highest BCUT2D eigenvalue weighted by Crippen LogP contribution is 2.25. The molecule has 0 spiro atoms. The second kappa shape index (κ2) is 5.17. The summed E-state index contributed by atoms with van der Waals surface area (Å²) in [5.74, 6) is 0.524. The summed E-state index contributed by atoms with van der Waals surface area (Å²) in [5.41, 5.74) is 2.65. The van der Waals surface area contributed by atoms with Gasteiger partial charge in [-0.2, -0.15) is 5.26 Å². The molecule has 0 aliphatic heterocycles. The number of hydrogen-bond donors (Lipinski definition) is 1. The molecule has 5 nitrogen and oxygen atoms in total. The average molecular weight is 279 g/mol. The van der Waals surface area contributed by atoms with Crippen molar-refractivity contribution in [2.45, 2.75) is 32.2 Å². The first-order valence-corrected chi connectivity index (χ1v) is 8.32. The molecule has 1 aromatic rings. The topological polar surface area (TPSA) is 82.8 Å². The van der Waals surface area contributed by atoms with Crippen molar-refractivity contribution in [2.24, 2.45) is 0 Å². The van der Waals surface area contributed by atoms with E-state index in [1.165, 1.54) is 6.26 Å². The average Bonchev–Trinajstić information content (AvgIpc) is 2.72. The molecule has 0 fully saturated rings. The minimum atomic E-state index is -3.05. The highest BCUT2D eigenvalue weighted by molar-refractivity contribution is 7.90. The fraction of sp³-hybridized carbons (Fsp3) is 0.538. The highest BCUT2D eigenvalue weighted by atomic mass is 32.2. The van der Waals surface area contributed by atoms with Gasteiger partial charge in [0.05, 0.1) is 11.3 Å². The molecule has 1 heterocycles. The van der Waals surface area contributed by atoms with Crippen LogP contribution in [-0.2, 0) is 22.7 Å². The zero-order valence-corrected chi connectivity index (χ0v) is 11.9. The van der Waals surface area contributed by atoms with Crippen molar-refractivity contribution in [1.29, 1.82) is 5.26 Å². The Bertz CT molecular complexity index is 632. The Balaban J connectivity index is 2.23. The van der Waals surface area contributed by atoms with E-state index >= 15 is 0 Å². The van der Waals surface area contributed by atoms with Gasteiger partial charge < -0.3 is 5.32 Å². The van der Waals surface area contributed by atoms with Gasteiger partial charge in [-0.3, -0.25) is 0 Å². The van der Waals surface area contributed by atoms with Crippen LogP contribution in [-0.4, -0.2) is 31.5 Å². The Morgan fingerprint density at radius 1 is 1.53 bits per heavy atom. The molecule has 1 N–H and O–H groups in total. The maximum atomic E-state index is 11.2. The summed E-state index contributed by atoms with van der Waals surface area (Å²) in [6, 6.07) is 3.72. The van der Waals surface area contributed by atoms with E-state index in [1.54, 1.807) is 6.92 Å². The van der Waals surface area contributed by atoms with E-state index in [2.05, 4.69) is 16.4 Å². The van der Waals surface area contributed by atoms with Crippen LogP contribution < -0.4 is 5.32 Å². The Labute approximate surface area is 113 Å². The van der Waals surface area contributed by atoms with Crippen molar-refractivity contribution < 1.29 is 8.42 Å². The molecule has 19 heavy (non-hydrogen) atoms. The highest BCUT2D eigenvalue weighted by Gasteiger charge is 2.18. The van der Waals surface area contributed by atoms with Crippen LogP contribution in [0.1, 0.15) is 30.2 Å².